The molecule has 0 spiro atoms. The van der Waals surface area contributed by atoms with Gasteiger partial charge in [0, 0.05) is 37.3 Å². The predicted molar refractivity (Wildman–Crippen MR) is 117 cm³/mol. The van der Waals surface area contributed by atoms with Crippen molar-refractivity contribution in [3.8, 4) is 0 Å². The lowest BCUT2D eigenvalue weighted by atomic mass is 9.84. The monoisotopic (exact) mass is 441 g/mol. The van der Waals surface area contributed by atoms with Gasteiger partial charge in [-0.15, -0.1) is 0 Å². The van der Waals surface area contributed by atoms with Gasteiger partial charge in [0.05, 0.1) is 10.7 Å². The quantitative estimate of drug-likeness (QED) is 0.738. The number of carbonyl (C=O) groups excluding carboxylic acids is 3. The first-order chi connectivity index (χ1) is 15.0. The lowest BCUT2D eigenvalue weighted by Gasteiger charge is -2.34. The van der Waals surface area contributed by atoms with Crippen LogP contribution in [0.4, 0.5) is 11.5 Å². The molecule has 2 aromatic heterocycles. The first-order valence-electron chi connectivity index (χ1n) is 10.5. The van der Waals surface area contributed by atoms with Crippen LogP contribution in [0.15, 0.2) is 36.7 Å². The third kappa shape index (κ3) is 5.02. The molecule has 3 heterocycles. The smallest absolute Gasteiger partial charge is 0.277 e. The molecule has 31 heavy (non-hydrogen) atoms. The van der Waals surface area contributed by atoms with Crippen LogP contribution >= 0.6 is 11.6 Å². The van der Waals surface area contributed by atoms with Crippen molar-refractivity contribution >= 4 is 40.8 Å². The van der Waals surface area contributed by atoms with Gasteiger partial charge < -0.3 is 15.5 Å². The molecular formula is C22H24ClN5O3. The highest BCUT2D eigenvalue weighted by atomic mass is 35.5. The number of halogens is 1. The number of hydrogen-bond donors (Lipinski definition) is 2. The van der Waals surface area contributed by atoms with Gasteiger partial charge in [-0.25, -0.2) is 9.97 Å². The second kappa shape index (κ2) is 9.43. The zero-order valence-corrected chi connectivity index (χ0v) is 17.8. The summed E-state index contributed by atoms with van der Waals surface area (Å²) in [7, 11) is 0. The topological polar surface area (TPSA) is 104 Å². The SMILES string of the molecule is O=C(Nc1ccc(Cl)cn1)c1ncccc1NC(=O)[C@H]1CC[C@H](N2CCCC2=O)CC1. The summed E-state index contributed by atoms with van der Waals surface area (Å²) in [6.07, 6.45) is 7.59. The van der Waals surface area contributed by atoms with Crippen LogP contribution in [0.2, 0.25) is 5.02 Å². The summed E-state index contributed by atoms with van der Waals surface area (Å²) in [6.45, 7) is 0.830. The molecular weight excluding hydrogens is 418 g/mol. The van der Waals surface area contributed by atoms with Gasteiger partial charge in [-0.05, 0) is 56.4 Å². The summed E-state index contributed by atoms with van der Waals surface area (Å²) >= 11 is 5.82. The number of aromatic nitrogens is 2. The van der Waals surface area contributed by atoms with Gasteiger partial charge in [-0.2, -0.15) is 0 Å². The Labute approximate surface area is 185 Å². The van der Waals surface area contributed by atoms with E-state index in [1.807, 2.05) is 4.90 Å². The molecule has 8 nitrogen and oxygen atoms in total. The Morgan fingerprint density at radius 3 is 2.55 bits per heavy atom. The fourth-order valence-corrected chi connectivity index (χ4v) is 4.36. The fourth-order valence-electron chi connectivity index (χ4n) is 4.25. The Morgan fingerprint density at radius 2 is 1.87 bits per heavy atom. The molecule has 1 saturated carbocycles. The average Bonchev–Trinajstić information content (AvgIpc) is 3.21. The second-order valence-electron chi connectivity index (χ2n) is 7.90. The van der Waals surface area contributed by atoms with Crippen LogP contribution in [-0.2, 0) is 9.59 Å². The van der Waals surface area contributed by atoms with Gasteiger partial charge in [-0.3, -0.25) is 14.4 Å². The molecule has 2 fully saturated rings. The standard InChI is InChI=1S/C22H24ClN5O3/c23-15-7-10-18(25-13-15)27-22(31)20-17(3-1-11-24-20)26-21(30)14-5-8-16(9-6-14)28-12-2-4-19(28)29/h1,3,7,10-11,13-14,16H,2,4-6,8-9,12H2,(H,26,30)(H,25,27,31)/t14-,16-. The number of nitrogens with zero attached hydrogens (tertiary/aromatic N) is 3. The largest absolute Gasteiger partial charge is 0.340 e. The van der Waals surface area contributed by atoms with Crippen molar-refractivity contribution in [2.24, 2.45) is 5.92 Å². The van der Waals surface area contributed by atoms with Crippen molar-refractivity contribution in [3.05, 3.63) is 47.4 Å². The minimum absolute atomic E-state index is 0.115. The Hall–Kier alpha value is -3.00. The van der Waals surface area contributed by atoms with Crippen LogP contribution in [0.25, 0.3) is 0 Å². The number of nitrogens with one attached hydrogen (secondary N) is 2. The van der Waals surface area contributed by atoms with Crippen LogP contribution in [-0.4, -0.2) is 45.2 Å². The summed E-state index contributed by atoms with van der Waals surface area (Å²) in [6, 6.07) is 6.78. The van der Waals surface area contributed by atoms with Crippen molar-refractivity contribution in [1.82, 2.24) is 14.9 Å². The van der Waals surface area contributed by atoms with Crippen LogP contribution in [0.3, 0.4) is 0 Å². The fraction of sp³-hybridized carbons (Fsp3) is 0.409. The lowest BCUT2D eigenvalue weighted by molar-refractivity contribution is -0.130. The number of likely N-dealkylation sites (tertiary alicyclic amines) is 1. The van der Waals surface area contributed by atoms with Crippen molar-refractivity contribution < 1.29 is 14.4 Å². The van der Waals surface area contributed by atoms with Crippen molar-refractivity contribution in [1.29, 1.82) is 0 Å². The number of carbonyl (C=O) groups is 3. The van der Waals surface area contributed by atoms with Gasteiger partial charge in [0.2, 0.25) is 11.8 Å². The Bertz CT molecular complexity index is 973. The zero-order chi connectivity index (χ0) is 21.8. The number of rotatable bonds is 5. The Morgan fingerprint density at radius 1 is 1.06 bits per heavy atom. The maximum Gasteiger partial charge on any atom is 0.277 e. The van der Waals surface area contributed by atoms with Crippen LogP contribution in [0.5, 0.6) is 0 Å². The van der Waals surface area contributed by atoms with Crippen molar-refractivity contribution in [2.75, 3.05) is 17.2 Å². The molecule has 0 atom stereocenters. The van der Waals surface area contributed by atoms with E-state index in [-0.39, 0.29) is 29.5 Å². The highest BCUT2D eigenvalue weighted by Crippen LogP contribution is 2.31. The third-order valence-corrected chi connectivity index (χ3v) is 6.09. The van der Waals surface area contributed by atoms with E-state index in [2.05, 4.69) is 20.6 Å². The van der Waals surface area contributed by atoms with Gasteiger partial charge in [0.15, 0.2) is 5.69 Å². The molecule has 2 aromatic rings. The summed E-state index contributed by atoms with van der Waals surface area (Å²) in [5, 5.41) is 5.99. The molecule has 1 aliphatic heterocycles. The molecule has 2 aliphatic rings. The minimum Gasteiger partial charge on any atom is -0.340 e. The van der Waals surface area contributed by atoms with Gasteiger partial charge >= 0.3 is 0 Å². The van der Waals surface area contributed by atoms with E-state index in [0.717, 1.165) is 38.6 Å². The van der Waals surface area contributed by atoms with E-state index >= 15 is 0 Å². The van der Waals surface area contributed by atoms with Gasteiger partial charge in [0.25, 0.3) is 5.91 Å². The van der Waals surface area contributed by atoms with Gasteiger partial charge in [0.1, 0.15) is 5.82 Å². The molecule has 3 amide bonds. The zero-order valence-electron chi connectivity index (χ0n) is 17.0. The first-order valence-corrected chi connectivity index (χ1v) is 10.9. The van der Waals surface area contributed by atoms with Crippen LogP contribution in [0.1, 0.15) is 49.0 Å². The maximum atomic E-state index is 12.9. The number of hydrogen-bond acceptors (Lipinski definition) is 5. The summed E-state index contributed by atoms with van der Waals surface area (Å²) in [5.41, 5.74) is 0.472. The molecule has 2 N–H and O–H groups in total. The van der Waals surface area contributed by atoms with Crippen molar-refractivity contribution in [3.63, 3.8) is 0 Å². The number of amides is 3. The van der Waals surface area contributed by atoms with Crippen LogP contribution < -0.4 is 10.6 Å². The Kier molecular flexibility index (Phi) is 6.46. The number of anilines is 2. The lowest BCUT2D eigenvalue weighted by Crippen LogP contribution is -2.40. The van der Waals surface area contributed by atoms with E-state index in [1.54, 1.807) is 24.3 Å². The minimum atomic E-state index is -0.470. The molecule has 1 aliphatic carbocycles. The van der Waals surface area contributed by atoms with E-state index in [0.29, 0.717) is 22.9 Å². The molecule has 0 unspecified atom stereocenters. The molecule has 0 radical (unpaired) electrons. The third-order valence-electron chi connectivity index (χ3n) is 5.87. The van der Waals surface area contributed by atoms with Crippen LogP contribution in [0, 0.1) is 5.92 Å². The normalized spacial score (nSPS) is 21.1. The van der Waals surface area contributed by atoms with Gasteiger partial charge in [-0.1, -0.05) is 11.6 Å². The van der Waals surface area contributed by atoms with E-state index in [1.165, 1.54) is 12.4 Å². The number of pyridine rings is 2. The first kappa shape index (κ1) is 21.2. The summed E-state index contributed by atoms with van der Waals surface area (Å²) < 4.78 is 0. The average molecular weight is 442 g/mol. The van der Waals surface area contributed by atoms with E-state index < -0.39 is 5.91 Å². The second-order valence-corrected chi connectivity index (χ2v) is 8.34. The predicted octanol–water partition coefficient (Wildman–Crippen LogP) is 3.50. The van der Waals surface area contributed by atoms with Crippen molar-refractivity contribution in [2.45, 2.75) is 44.6 Å². The molecule has 162 valence electrons. The molecule has 0 bridgehead atoms. The molecule has 9 heteroatoms. The molecule has 4 rings (SSSR count). The molecule has 0 aromatic carbocycles. The molecule has 1 saturated heterocycles. The highest BCUT2D eigenvalue weighted by molar-refractivity contribution is 6.30. The Balaban J connectivity index is 1.37. The summed E-state index contributed by atoms with van der Waals surface area (Å²) in [5.74, 6) is -0.177. The highest BCUT2D eigenvalue weighted by Gasteiger charge is 2.33. The van der Waals surface area contributed by atoms with E-state index in [4.69, 9.17) is 11.6 Å². The summed E-state index contributed by atoms with van der Waals surface area (Å²) in [4.78, 5) is 47.6. The maximum absolute atomic E-state index is 12.9. The van der Waals surface area contributed by atoms with E-state index in [9.17, 15) is 14.4 Å².